The third-order valence-corrected chi connectivity index (χ3v) is 8.44. The van der Waals surface area contributed by atoms with Gasteiger partial charge in [-0.15, -0.1) is 0 Å². The van der Waals surface area contributed by atoms with Crippen molar-refractivity contribution in [1.29, 1.82) is 0 Å². The third kappa shape index (κ3) is 2.56. The van der Waals surface area contributed by atoms with Crippen LogP contribution in [0.4, 0.5) is 0 Å². The van der Waals surface area contributed by atoms with Gasteiger partial charge < -0.3 is 0 Å². The van der Waals surface area contributed by atoms with E-state index in [1.807, 2.05) is 12.1 Å². The van der Waals surface area contributed by atoms with Crippen molar-refractivity contribution in [3.05, 3.63) is 86.2 Å². The molecule has 2 aromatic heterocycles. The highest BCUT2D eigenvalue weighted by Gasteiger charge is 2.35. The van der Waals surface area contributed by atoms with Gasteiger partial charge in [-0.05, 0) is 40.2 Å². The summed E-state index contributed by atoms with van der Waals surface area (Å²) in [5.41, 5.74) is -0.771. The van der Waals surface area contributed by atoms with Gasteiger partial charge >= 0.3 is 5.69 Å². The standard InChI is InChI=1S/C19H16BrN4O3P/c1-22-16-15(17(25)23(2)19(22)26)24(18(20)21-16)28(27,13-9-5-3-6-10-13)14-11-7-4-8-12-14/h3-12H,1-2H3. The lowest BCUT2D eigenvalue weighted by molar-refractivity contribution is 0.581. The minimum Gasteiger partial charge on any atom is -0.289 e. The molecule has 9 heteroatoms. The summed E-state index contributed by atoms with van der Waals surface area (Å²) >= 11 is 3.37. The van der Waals surface area contributed by atoms with Gasteiger partial charge in [0, 0.05) is 24.7 Å². The Hall–Kier alpha value is -2.70. The van der Waals surface area contributed by atoms with Crippen LogP contribution in [0.5, 0.6) is 0 Å². The molecular formula is C19H16BrN4O3P. The smallest absolute Gasteiger partial charge is 0.289 e. The molecule has 2 heterocycles. The highest BCUT2D eigenvalue weighted by molar-refractivity contribution is 9.10. The first-order valence-electron chi connectivity index (χ1n) is 8.43. The Morgan fingerprint density at radius 3 is 1.86 bits per heavy atom. The van der Waals surface area contributed by atoms with E-state index in [-0.39, 0.29) is 15.9 Å². The molecule has 0 N–H and O–H groups in total. The Morgan fingerprint density at radius 1 is 0.857 bits per heavy atom. The average molecular weight is 459 g/mol. The second kappa shape index (κ2) is 6.72. The van der Waals surface area contributed by atoms with E-state index >= 15 is 0 Å². The Bertz CT molecular complexity index is 1310. The van der Waals surface area contributed by atoms with Crippen LogP contribution in [0.3, 0.4) is 0 Å². The predicted octanol–water partition coefficient (Wildman–Crippen LogP) is 1.97. The number of aryl methyl sites for hydroxylation is 1. The normalized spacial score (nSPS) is 11.8. The van der Waals surface area contributed by atoms with Gasteiger partial charge in [0.05, 0.1) is 0 Å². The van der Waals surface area contributed by atoms with Gasteiger partial charge in [0.25, 0.3) is 5.56 Å². The maximum atomic E-state index is 14.6. The lowest BCUT2D eigenvalue weighted by Gasteiger charge is -2.22. The monoisotopic (exact) mass is 458 g/mol. The molecule has 0 unspecified atom stereocenters. The fourth-order valence-electron chi connectivity index (χ4n) is 3.25. The Balaban J connectivity index is 2.23. The summed E-state index contributed by atoms with van der Waals surface area (Å²) in [5.74, 6) is 0. The van der Waals surface area contributed by atoms with E-state index in [1.54, 1.807) is 48.5 Å². The average Bonchev–Trinajstić information content (AvgIpc) is 3.09. The molecule has 2 aromatic carbocycles. The Kier molecular flexibility index (Phi) is 4.48. The van der Waals surface area contributed by atoms with Crippen LogP contribution in [0, 0.1) is 0 Å². The van der Waals surface area contributed by atoms with Crippen LogP contribution >= 0.6 is 23.2 Å². The van der Waals surface area contributed by atoms with Gasteiger partial charge in [0.1, 0.15) is 0 Å². The van der Waals surface area contributed by atoms with Crippen molar-refractivity contribution in [1.82, 2.24) is 18.5 Å². The van der Waals surface area contributed by atoms with E-state index in [0.717, 1.165) is 4.57 Å². The summed E-state index contributed by atoms with van der Waals surface area (Å²) in [6, 6.07) is 17.9. The van der Waals surface area contributed by atoms with E-state index in [9.17, 15) is 14.2 Å². The van der Waals surface area contributed by atoms with Crippen LogP contribution < -0.4 is 21.9 Å². The van der Waals surface area contributed by atoms with Gasteiger partial charge in [-0.25, -0.2) is 9.78 Å². The molecule has 0 radical (unpaired) electrons. The Labute approximate surface area is 168 Å². The van der Waals surface area contributed by atoms with Crippen LogP contribution in [0.2, 0.25) is 0 Å². The summed E-state index contributed by atoms with van der Waals surface area (Å²) in [5, 5.41) is 1.11. The van der Waals surface area contributed by atoms with E-state index in [2.05, 4.69) is 20.9 Å². The molecule has 28 heavy (non-hydrogen) atoms. The first-order valence-corrected chi connectivity index (χ1v) is 10.9. The van der Waals surface area contributed by atoms with Crippen LogP contribution in [-0.4, -0.2) is 18.5 Å². The number of hydrogen-bond donors (Lipinski definition) is 0. The van der Waals surface area contributed by atoms with Crippen molar-refractivity contribution in [3.8, 4) is 0 Å². The summed E-state index contributed by atoms with van der Waals surface area (Å²) in [7, 11) is -0.589. The highest BCUT2D eigenvalue weighted by atomic mass is 79.9. The molecule has 0 bridgehead atoms. The summed E-state index contributed by atoms with van der Waals surface area (Å²) in [6.45, 7) is 0. The molecule has 0 aliphatic heterocycles. The van der Waals surface area contributed by atoms with Gasteiger partial charge in [-0.2, -0.15) is 0 Å². The van der Waals surface area contributed by atoms with E-state index in [4.69, 9.17) is 0 Å². The molecule has 0 aliphatic carbocycles. The van der Waals surface area contributed by atoms with E-state index < -0.39 is 18.5 Å². The lowest BCUT2D eigenvalue weighted by atomic mass is 10.4. The van der Waals surface area contributed by atoms with Gasteiger partial charge in [-0.3, -0.25) is 22.8 Å². The zero-order valence-corrected chi connectivity index (χ0v) is 17.6. The topological polar surface area (TPSA) is 78.9 Å². The summed E-state index contributed by atoms with van der Waals surface area (Å²) < 4.78 is 18.5. The largest absolute Gasteiger partial charge is 0.332 e. The summed E-state index contributed by atoms with van der Waals surface area (Å²) in [4.78, 5) is 29.6. The van der Waals surface area contributed by atoms with Gasteiger partial charge in [-0.1, -0.05) is 36.4 Å². The first-order chi connectivity index (χ1) is 13.4. The zero-order valence-electron chi connectivity index (χ0n) is 15.1. The number of halogens is 1. The minimum atomic E-state index is -3.51. The van der Waals surface area contributed by atoms with Gasteiger partial charge in [0.2, 0.25) is 7.29 Å². The maximum absolute atomic E-state index is 14.6. The molecule has 0 atom stereocenters. The number of nitrogens with zero attached hydrogens (tertiary/aromatic N) is 4. The van der Waals surface area contributed by atoms with Crippen molar-refractivity contribution in [2.75, 3.05) is 0 Å². The third-order valence-electron chi connectivity index (χ3n) is 4.69. The van der Waals surface area contributed by atoms with Crippen molar-refractivity contribution in [3.63, 3.8) is 0 Å². The van der Waals surface area contributed by atoms with Crippen molar-refractivity contribution >= 4 is 45.0 Å². The molecule has 0 saturated carbocycles. The molecule has 0 aliphatic rings. The van der Waals surface area contributed by atoms with Crippen molar-refractivity contribution in [2.45, 2.75) is 0 Å². The van der Waals surface area contributed by atoms with E-state index in [0.29, 0.717) is 10.6 Å². The zero-order chi connectivity index (χ0) is 20.1. The lowest BCUT2D eigenvalue weighted by Crippen LogP contribution is -2.38. The summed E-state index contributed by atoms with van der Waals surface area (Å²) in [6.07, 6.45) is 0. The number of imidazole rings is 1. The molecule has 4 rings (SSSR count). The van der Waals surface area contributed by atoms with Crippen LogP contribution in [0.25, 0.3) is 11.2 Å². The van der Waals surface area contributed by atoms with Crippen LogP contribution in [0.1, 0.15) is 0 Å². The second-order valence-electron chi connectivity index (χ2n) is 6.32. The fourth-order valence-corrected chi connectivity index (χ4v) is 6.91. The molecular weight excluding hydrogens is 443 g/mol. The van der Waals surface area contributed by atoms with Crippen LogP contribution in [0.15, 0.2) is 75.0 Å². The number of aromatic nitrogens is 4. The minimum absolute atomic E-state index is 0.104. The maximum Gasteiger partial charge on any atom is 0.332 e. The molecule has 4 aromatic rings. The predicted molar refractivity (Wildman–Crippen MR) is 113 cm³/mol. The number of benzene rings is 2. The van der Waals surface area contributed by atoms with E-state index in [1.165, 1.54) is 23.0 Å². The van der Waals surface area contributed by atoms with Crippen molar-refractivity contribution in [2.24, 2.45) is 14.1 Å². The molecule has 0 fully saturated rings. The van der Waals surface area contributed by atoms with Crippen LogP contribution in [-0.2, 0) is 18.7 Å². The molecule has 7 nitrogen and oxygen atoms in total. The SMILES string of the molecule is Cn1c(=O)c2c(nc(Br)n2P(=O)(c2ccccc2)c2ccccc2)n(C)c1=O. The highest BCUT2D eigenvalue weighted by Crippen LogP contribution is 2.48. The molecule has 0 spiro atoms. The fraction of sp³-hybridized carbons (Fsp3) is 0.105. The molecule has 0 saturated heterocycles. The second-order valence-corrected chi connectivity index (χ2v) is 9.61. The van der Waals surface area contributed by atoms with Gasteiger partial charge in [0.15, 0.2) is 15.9 Å². The number of fused-ring (bicyclic) bond motifs is 1. The molecule has 0 amide bonds. The Morgan fingerprint density at radius 2 is 1.36 bits per heavy atom. The first kappa shape index (κ1) is 18.7. The number of hydrogen-bond acceptors (Lipinski definition) is 4. The quantitative estimate of drug-likeness (QED) is 0.347. The number of rotatable bonds is 3. The molecule has 142 valence electrons. The van der Waals surface area contributed by atoms with Crippen molar-refractivity contribution < 1.29 is 4.57 Å².